The molecule has 4 rings (SSSR count). The van der Waals surface area contributed by atoms with E-state index >= 15 is 0 Å². The molecule has 0 N–H and O–H groups in total. The third-order valence-electron chi connectivity index (χ3n) is 4.98. The van der Waals surface area contributed by atoms with E-state index in [1.54, 1.807) is 35.2 Å². The summed E-state index contributed by atoms with van der Waals surface area (Å²) in [6.45, 7) is 6.77. The van der Waals surface area contributed by atoms with Crippen molar-refractivity contribution in [3.05, 3.63) is 91.8 Å². The number of aromatic nitrogens is 4. The number of hydrogen-bond donors (Lipinski definition) is 0. The lowest BCUT2D eigenvalue weighted by Gasteiger charge is -2.15. The van der Waals surface area contributed by atoms with Crippen LogP contribution in [0.1, 0.15) is 25.0 Å². The van der Waals surface area contributed by atoms with Crippen LogP contribution in [0.2, 0.25) is 5.02 Å². The molecule has 0 radical (unpaired) electrons. The maximum absolute atomic E-state index is 13.3. The Balaban J connectivity index is 2.02. The highest BCUT2D eigenvalue weighted by Crippen LogP contribution is 2.21. The monoisotopic (exact) mass is 422 g/mol. The Labute approximate surface area is 179 Å². The number of halogens is 1. The van der Waals surface area contributed by atoms with Crippen molar-refractivity contribution in [2.45, 2.75) is 33.9 Å². The van der Waals surface area contributed by atoms with Crippen molar-refractivity contribution in [2.75, 3.05) is 0 Å². The second-order valence-electron chi connectivity index (χ2n) is 7.91. The summed E-state index contributed by atoms with van der Waals surface area (Å²) in [5.74, 6) is 0.126. The van der Waals surface area contributed by atoms with Crippen LogP contribution in [0.25, 0.3) is 16.9 Å². The maximum atomic E-state index is 13.3. The molecule has 7 heteroatoms. The summed E-state index contributed by atoms with van der Waals surface area (Å²) in [5.41, 5.74) is 2.63. The van der Waals surface area contributed by atoms with E-state index in [1.807, 2.05) is 39.0 Å². The Bertz CT molecular complexity index is 1350. The highest BCUT2D eigenvalue weighted by molar-refractivity contribution is 6.32. The molecule has 0 spiro atoms. The number of rotatable bonds is 5. The first-order chi connectivity index (χ1) is 14.4. The van der Waals surface area contributed by atoms with Gasteiger partial charge in [-0.25, -0.2) is 14.3 Å². The first kappa shape index (κ1) is 20.2. The van der Waals surface area contributed by atoms with Gasteiger partial charge >= 0.3 is 5.69 Å². The molecule has 0 amide bonds. The third kappa shape index (κ3) is 3.59. The van der Waals surface area contributed by atoms with Gasteiger partial charge in [0, 0.05) is 13.1 Å². The number of imidazole rings is 1. The SMILES string of the molecule is Cc1cccc(Cn2cnc3c2c(=O)n(CC(C)C)c(=O)n3-c2ccccc2Cl)c1. The van der Waals surface area contributed by atoms with Crippen molar-refractivity contribution in [1.29, 1.82) is 0 Å². The zero-order valence-corrected chi connectivity index (χ0v) is 17.9. The van der Waals surface area contributed by atoms with Gasteiger partial charge < -0.3 is 4.57 Å². The van der Waals surface area contributed by atoms with Crippen LogP contribution in [0.3, 0.4) is 0 Å². The number of aryl methyl sites for hydroxylation is 1. The Morgan fingerprint density at radius 2 is 1.83 bits per heavy atom. The molecular weight excluding hydrogens is 400 g/mol. The Morgan fingerprint density at radius 3 is 2.53 bits per heavy atom. The van der Waals surface area contributed by atoms with Gasteiger partial charge in [0.1, 0.15) is 0 Å². The molecule has 0 saturated heterocycles. The first-order valence-electron chi connectivity index (χ1n) is 9.88. The molecule has 2 heterocycles. The summed E-state index contributed by atoms with van der Waals surface area (Å²) in [7, 11) is 0. The molecule has 2 aromatic heterocycles. The van der Waals surface area contributed by atoms with Crippen molar-refractivity contribution >= 4 is 22.8 Å². The summed E-state index contributed by atoms with van der Waals surface area (Å²) in [5, 5.41) is 0.420. The van der Waals surface area contributed by atoms with Gasteiger partial charge in [0.05, 0.1) is 17.0 Å². The summed E-state index contributed by atoms with van der Waals surface area (Å²) in [4.78, 5) is 31.1. The Morgan fingerprint density at radius 1 is 1.07 bits per heavy atom. The molecule has 6 nitrogen and oxygen atoms in total. The van der Waals surface area contributed by atoms with Crippen LogP contribution in [0.15, 0.2) is 64.4 Å². The predicted octanol–water partition coefficient (Wildman–Crippen LogP) is 4.02. The van der Waals surface area contributed by atoms with Crippen LogP contribution in [0.5, 0.6) is 0 Å². The molecule has 0 aliphatic carbocycles. The van der Waals surface area contributed by atoms with Gasteiger partial charge in [-0.3, -0.25) is 9.36 Å². The van der Waals surface area contributed by atoms with Gasteiger partial charge in [0.2, 0.25) is 0 Å². The third-order valence-corrected chi connectivity index (χ3v) is 5.30. The van der Waals surface area contributed by atoms with Crippen LogP contribution in [-0.2, 0) is 13.1 Å². The summed E-state index contributed by atoms with van der Waals surface area (Å²) in [6, 6.07) is 15.2. The molecule has 0 bridgehead atoms. The zero-order valence-electron chi connectivity index (χ0n) is 17.2. The minimum absolute atomic E-state index is 0.126. The molecule has 4 aromatic rings. The largest absolute Gasteiger partial charge is 0.337 e. The van der Waals surface area contributed by atoms with Gasteiger partial charge in [-0.15, -0.1) is 0 Å². The topological polar surface area (TPSA) is 61.8 Å². The minimum atomic E-state index is -0.435. The molecule has 0 unspecified atom stereocenters. The van der Waals surface area contributed by atoms with E-state index in [9.17, 15) is 9.59 Å². The van der Waals surface area contributed by atoms with E-state index in [0.717, 1.165) is 11.1 Å². The van der Waals surface area contributed by atoms with E-state index in [1.165, 1.54) is 9.13 Å². The second-order valence-corrected chi connectivity index (χ2v) is 8.32. The second kappa shape index (κ2) is 7.95. The smallest absolute Gasteiger partial charge is 0.320 e. The van der Waals surface area contributed by atoms with Gasteiger partial charge in [-0.1, -0.05) is 67.4 Å². The highest BCUT2D eigenvalue weighted by atomic mass is 35.5. The van der Waals surface area contributed by atoms with Crippen LogP contribution in [0.4, 0.5) is 0 Å². The fourth-order valence-electron chi connectivity index (χ4n) is 3.68. The van der Waals surface area contributed by atoms with Gasteiger partial charge in [0.15, 0.2) is 11.2 Å². The van der Waals surface area contributed by atoms with E-state index in [4.69, 9.17) is 11.6 Å². The Hall–Kier alpha value is -3.12. The number of hydrogen-bond acceptors (Lipinski definition) is 3. The van der Waals surface area contributed by atoms with Crippen LogP contribution < -0.4 is 11.2 Å². The lowest BCUT2D eigenvalue weighted by Crippen LogP contribution is -2.41. The van der Waals surface area contributed by atoms with E-state index in [0.29, 0.717) is 35.0 Å². The summed E-state index contributed by atoms with van der Waals surface area (Å²) in [6.07, 6.45) is 1.61. The van der Waals surface area contributed by atoms with Crippen LogP contribution in [-0.4, -0.2) is 18.7 Å². The van der Waals surface area contributed by atoms with Crippen molar-refractivity contribution in [3.8, 4) is 5.69 Å². The lowest BCUT2D eigenvalue weighted by molar-refractivity contribution is 0.489. The number of para-hydroxylation sites is 1. The van der Waals surface area contributed by atoms with Crippen LogP contribution >= 0.6 is 11.6 Å². The quantitative estimate of drug-likeness (QED) is 0.488. The molecule has 0 fully saturated rings. The standard InChI is InChI=1S/C23H23ClN4O2/c1-15(2)12-27-22(29)20-21(28(23(27)30)19-10-5-4-9-18(19)24)25-14-26(20)13-17-8-6-7-16(3)11-17/h4-11,14-15H,12-13H2,1-3H3. The van der Waals surface area contributed by atoms with Gasteiger partial charge in [-0.2, -0.15) is 0 Å². The highest BCUT2D eigenvalue weighted by Gasteiger charge is 2.21. The molecule has 0 saturated carbocycles. The first-order valence-corrected chi connectivity index (χ1v) is 10.3. The molecule has 0 atom stereocenters. The van der Waals surface area contributed by atoms with Crippen molar-refractivity contribution < 1.29 is 0 Å². The number of nitrogens with zero attached hydrogens (tertiary/aromatic N) is 4. The predicted molar refractivity (Wildman–Crippen MR) is 120 cm³/mol. The molecule has 0 aliphatic rings. The molecule has 2 aromatic carbocycles. The average Bonchev–Trinajstić information content (AvgIpc) is 3.10. The Kier molecular flexibility index (Phi) is 5.35. The number of benzene rings is 2. The molecule has 30 heavy (non-hydrogen) atoms. The normalized spacial score (nSPS) is 11.5. The van der Waals surface area contributed by atoms with Crippen LogP contribution in [0, 0.1) is 12.8 Å². The van der Waals surface area contributed by atoms with Crippen molar-refractivity contribution in [3.63, 3.8) is 0 Å². The number of fused-ring (bicyclic) bond motifs is 1. The van der Waals surface area contributed by atoms with E-state index in [2.05, 4.69) is 11.1 Å². The van der Waals surface area contributed by atoms with Crippen molar-refractivity contribution in [1.82, 2.24) is 18.7 Å². The lowest BCUT2D eigenvalue weighted by atomic mass is 10.1. The van der Waals surface area contributed by atoms with Gasteiger partial charge in [-0.05, 0) is 30.5 Å². The maximum Gasteiger partial charge on any atom is 0.337 e. The summed E-state index contributed by atoms with van der Waals surface area (Å²) >= 11 is 6.40. The zero-order chi connectivity index (χ0) is 21.4. The van der Waals surface area contributed by atoms with Gasteiger partial charge in [0.25, 0.3) is 5.56 Å². The fraction of sp³-hybridized carbons (Fsp3) is 0.261. The minimum Gasteiger partial charge on any atom is -0.320 e. The van der Waals surface area contributed by atoms with Crippen molar-refractivity contribution in [2.24, 2.45) is 5.92 Å². The average molecular weight is 423 g/mol. The fourth-order valence-corrected chi connectivity index (χ4v) is 3.90. The van der Waals surface area contributed by atoms with E-state index < -0.39 is 5.69 Å². The molecule has 154 valence electrons. The molecular formula is C23H23ClN4O2. The van der Waals surface area contributed by atoms with E-state index in [-0.39, 0.29) is 11.5 Å². The summed E-state index contributed by atoms with van der Waals surface area (Å²) < 4.78 is 4.52. The molecule has 0 aliphatic heterocycles.